The monoisotopic (exact) mass is 925 g/mol. The number of alkyl halides is 4. The van der Waals surface area contributed by atoms with Crippen LogP contribution in [0.3, 0.4) is 0 Å². The van der Waals surface area contributed by atoms with Crippen LogP contribution in [0.15, 0.2) is 51.9 Å². The first-order chi connectivity index (χ1) is 13.7. The summed E-state index contributed by atoms with van der Waals surface area (Å²) in [5.41, 5.74) is 0. The van der Waals surface area contributed by atoms with Crippen molar-refractivity contribution in [1.29, 1.82) is 0 Å². The Morgan fingerprint density at radius 3 is 1.24 bits per heavy atom. The Morgan fingerprint density at radius 1 is 0.655 bits per heavy atom. The molecule has 0 bridgehead atoms. The average molecular weight is 934 g/mol. The molecule has 0 N–H and O–H groups in total. The molecule has 160 valence electrons. The third-order valence-corrected chi connectivity index (χ3v) is 11.1. The molecule has 2 rings (SSSR count). The zero-order valence-electron chi connectivity index (χ0n) is 14.5. The van der Waals surface area contributed by atoms with Crippen molar-refractivity contribution in [2.45, 2.75) is 19.4 Å². The highest BCUT2D eigenvalue weighted by Gasteiger charge is 2.15. The van der Waals surface area contributed by atoms with Crippen LogP contribution in [0.1, 0.15) is 0 Å². The van der Waals surface area contributed by atoms with Gasteiger partial charge >= 0.3 is 0 Å². The zero-order chi connectivity index (χ0) is 21.6. The van der Waals surface area contributed by atoms with E-state index in [0.29, 0.717) is 13.2 Å². The first-order valence-electron chi connectivity index (χ1n) is 8.06. The van der Waals surface area contributed by atoms with Gasteiger partial charge in [0.15, 0.2) is 0 Å². The van der Waals surface area contributed by atoms with Crippen molar-refractivity contribution in [3.63, 3.8) is 0 Å². The van der Waals surface area contributed by atoms with Crippen LogP contribution < -0.4 is 9.47 Å². The minimum absolute atomic E-state index is 0.250. The van der Waals surface area contributed by atoms with Gasteiger partial charge in [-0.2, -0.15) is 0 Å². The summed E-state index contributed by atoms with van der Waals surface area (Å²) in [7, 11) is 0. The highest BCUT2D eigenvalue weighted by atomic mass is 79.9. The molecule has 11 heteroatoms. The second-order valence-corrected chi connectivity index (χ2v) is 14.1. The van der Waals surface area contributed by atoms with E-state index in [0.717, 1.165) is 49.8 Å². The van der Waals surface area contributed by atoms with Gasteiger partial charge in [-0.15, -0.1) is 0 Å². The highest BCUT2D eigenvalue weighted by molar-refractivity contribution is 9.12. The van der Waals surface area contributed by atoms with Gasteiger partial charge in [0.25, 0.3) is 0 Å². The average Bonchev–Trinajstić information content (AvgIpc) is 2.66. The van der Waals surface area contributed by atoms with Gasteiger partial charge in [0.1, 0.15) is 24.7 Å². The van der Waals surface area contributed by atoms with Gasteiger partial charge in [0, 0.05) is 20.5 Å². The predicted octanol–water partition coefficient (Wildman–Crippen LogP) is 9.96. The first kappa shape index (κ1) is 27.5. The molecule has 2 unspecified atom stereocenters. The normalized spacial score (nSPS) is 13.2. The molecule has 2 nitrogen and oxygen atoms in total. The van der Waals surface area contributed by atoms with Crippen LogP contribution in [-0.4, -0.2) is 33.5 Å². The number of rotatable bonds is 10. The smallest absolute Gasteiger partial charge is 0.147 e. The molecule has 0 aliphatic rings. The maximum Gasteiger partial charge on any atom is 0.147 e. The topological polar surface area (TPSA) is 18.5 Å². The number of ether oxygens (including phenoxy) is 2. The van der Waals surface area contributed by atoms with Crippen LogP contribution in [0.5, 0.6) is 11.5 Å². The number of hydrogen-bond acceptors (Lipinski definition) is 3. The van der Waals surface area contributed by atoms with E-state index in [1.807, 2.05) is 0 Å². The maximum absolute atomic E-state index is 5.92. The van der Waals surface area contributed by atoms with Crippen LogP contribution in [0.25, 0.3) is 0 Å². The Hall–Kier alpha value is 2.23. The summed E-state index contributed by atoms with van der Waals surface area (Å²) < 4.78 is 15.4. The summed E-state index contributed by atoms with van der Waals surface area (Å²) in [5, 5.41) is 1.65. The highest BCUT2D eigenvalue weighted by Crippen LogP contribution is 2.43. The summed E-state index contributed by atoms with van der Waals surface area (Å²) in [6, 6.07) is 8.22. The van der Waals surface area contributed by atoms with Gasteiger partial charge < -0.3 is 9.47 Å². The van der Waals surface area contributed by atoms with Crippen molar-refractivity contribution in [3.05, 3.63) is 42.2 Å². The lowest BCUT2D eigenvalue weighted by atomic mass is 10.3. The Morgan fingerprint density at radius 2 is 0.966 bits per heavy atom. The van der Waals surface area contributed by atoms with Crippen LogP contribution in [0, 0.1) is 0 Å². The molecule has 2 aromatic carbocycles. The predicted molar refractivity (Wildman–Crippen MR) is 152 cm³/mol. The third kappa shape index (κ3) is 8.83. The molecule has 0 fully saturated rings. The zero-order valence-corrected chi connectivity index (χ0v) is 28.0. The maximum atomic E-state index is 5.92. The summed E-state index contributed by atoms with van der Waals surface area (Å²) in [6.45, 7) is 1.14. The van der Waals surface area contributed by atoms with Gasteiger partial charge in [0.2, 0.25) is 0 Å². The van der Waals surface area contributed by atoms with E-state index >= 15 is 0 Å². The summed E-state index contributed by atoms with van der Waals surface area (Å²) in [6.07, 6.45) is 0. The van der Waals surface area contributed by atoms with E-state index in [4.69, 9.17) is 9.47 Å². The molecule has 0 aliphatic heterocycles. The lowest BCUT2D eigenvalue weighted by Crippen LogP contribution is -2.12. The van der Waals surface area contributed by atoms with Crippen molar-refractivity contribution in [1.82, 2.24) is 0 Å². The second kappa shape index (κ2) is 13.8. The second-order valence-electron chi connectivity index (χ2n) is 5.66. The molecule has 0 spiro atoms. The van der Waals surface area contributed by atoms with E-state index in [1.54, 1.807) is 11.8 Å². The molecule has 0 aromatic heterocycles. The minimum atomic E-state index is 0.250. The van der Waals surface area contributed by atoms with E-state index < -0.39 is 0 Å². The van der Waals surface area contributed by atoms with Crippen molar-refractivity contribution >= 4 is 139 Å². The number of benzene rings is 2. The van der Waals surface area contributed by atoms with E-state index in [2.05, 4.69) is 152 Å². The van der Waals surface area contributed by atoms with Crippen molar-refractivity contribution < 1.29 is 9.47 Å². The summed E-state index contributed by atoms with van der Waals surface area (Å²) in [5.74, 6) is 1.59. The molecule has 0 saturated carbocycles. The van der Waals surface area contributed by atoms with Gasteiger partial charge in [-0.05, 0) is 88.0 Å². The largest absolute Gasteiger partial charge is 0.490 e. The van der Waals surface area contributed by atoms with Crippen LogP contribution >= 0.6 is 139 Å². The molecule has 0 amide bonds. The molecule has 2 atom stereocenters. The summed E-state index contributed by atoms with van der Waals surface area (Å²) >= 11 is 30.1. The van der Waals surface area contributed by atoms with E-state index in [1.165, 1.54) is 0 Å². The SMILES string of the molecule is BrCC(Br)COc1c(Br)cc(Sc2cc(Br)c(OCC(Br)CBr)c(Br)c2)cc1Br. The van der Waals surface area contributed by atoms with Gasteiger partial charge in [-0.25, -0.2) is 0 Å². The lowest BCUT2D eigenvalue weighted by molar-refractivity contribution is 0.321. The molecule has 29 heavy (non-hydrogen) atoms. The standard InChI is InChI=1S/C18H14Br8O2S/c19-5-9(21)7-27-17-13(23)1-11(2-14(17)24)29-12-3-15(25)18(16(26)4-12)28-8-10(22)6-20/h1-4,9-10H,5-8H2. The van der Waals surface area contributed by atoms with Gasteiger partial charge in [0.05, 0.1) is 27.5 Å². The van der Waals surface area contributed by atoms with Crippen LogP contribution in [0.2, 0.25) is 0 Å². The molecular formula is C18H14Br8O2S. The van der Waals surface area contributed by atoms with Gasteiger partial charge in [-0.3, -0.25) is 0 Å². The van der Waals surface area contributed by atoms with Crippen LogP contribution in [0.4, 0.5) is 0 Å². The van der Waals surface area contributed by atoms with Crippen molar-refractivity contribution in [2.24, 2.45) is 0 Å². The fourth-order valence-electron chi connectivity index (χ4n) is 2.04. The third-order valence-electron chi connectivity index (χ3n) is 3.33. The Labute approximate surface area is 242 Å². The van der Waals surface area contributed by atoms with Crippen molar-refractivity contribution in [2.75, 3.05) is 23.9 Å². The van der Waals surface area contributed by atoms with Gasteiger partial charge in [-0.1, -0.05) is 75.5 Å². The van der Waals surface area contributed by atoms with E-state index in [-0.39, 0.29) is 9.65 Å². The molecule has 0 saturated heterocycles. The van der Waals surface area contributed by atoms with Crippen LogP contribution in [-0.2, 0) is 0 Å². The first-order valence-corrected chi connectivity index (χ1v) is 16.1. The number of halogens is 8. The molecule has 0 radical (unpaired) electrons. The quantitative estimate of drug-likeness (QED) is 0.221. The molecule has 0 aliphatic carbocycles. The molecule has 2 aromatic rings. The fourth-order valence-corrected chi connectivity index (χ4v) is 7.09. The Bertz CT molecular complexity index is 722. The van der Waals surface area contributed by atoms with E-state index in [9.17, 15) is 0 Å². The molecular weight excluding hydrogens is 919 g/mol. The number of hydrogen-bond donors (Lipinski definition) is 0. The summed E-state index contributed by atoms with van der Waals surface area (Å²) in [4.78, 5) is 2.67. The van der Waals surface area contributed by atoms with Crippen molar-refractivity contribution in [3.8, 4) is 11.5 Å². The lowest BCUT2D eigenvalue weighted by Gasteiger charge is -2.15. The minimum Gasteiger partial charge on any atom is -0.490 e. The Balaban J connectivity index is 2.15. The Kier molecular flexibility index (Phi) is 13.1. The molecule has 0 heterocycles. The fraction of sp³-hybridized carbons (Fsp3) is 0.333.